The highest BCUT2D eigenvalue weighted by Gasteiger charge is 2.76. The number of aliphatic hydroxyl groups excluding tert-OH is 3. The molecule has 8 heteroatoms. The summed E-state index contributed by atoms with van der Waals surface area (Å²) in [5.41, 5.74) is -6.47. The Morgan fingerprint density at radius 1 is 0.974 bits per heavy atom. The van der Waals surface area contributed by atoms with Crippen molar-refractivity contribution < 1.29 is 39.9 Å². The number of hydrogen-bond donors (Lipinski definition) is 5. The highest BCUT2D eigenvalue weighted by Crippen LogP contribution is 2.73. The first-order chi connectivity index (χ1) is 17.1. The molecular formula is C30H46O8. The van der Waals surface area contributed by atoms with Gasteiger partial charge in [0.1, 0.15) is 11.4 Å². The van der Waals surface area contributed by atoms with E-state index in [-0.39, 0.29) is 43.7 Å². The lowest BCUT2D eigenvalue weighted by molar-refractivity contribution is -0.189. The molecule has 5 N–H and O–H groups in total. The van der Waals surface area contributed by atoms with E-state index >= 15 is 0 Å². The molecule has 4 aliphatic carbocycles. The molecule has 0 aromatic carbocycles. The molecule has 8 nitrogen and oxygen atoms in total. The fourth-order valence-corrected chi connectivity index (χ4v) is 9.21. The predicted molar refractivity (Wildman–Crippen MR) is 140 cm³/mol. The molecule has 0 saturated heterocycles. The number of carbonyl (C=O) groups excluding carboxylic acids is 3. The molecule has 4 rings (SSSR count). The van der Waals surface area contributed by atoms with Crippen molar-refractivity contribution in [3.63, 3.8) is 0 Å². The maximum absolute atomic E-state index is 14.2. The smallest absolute Gasteiger partial charge is 0.164 e. The highest BCUT2D eigenvalue weighted by molar-refractivity contribution is 6.03. The van der Waals surface area contributed by atoms with Crippen LogP contribution in [0.4, 0.5) is 0 Å². The van der Waals surface area contributed by atoms with E-state index in [0.717, 1.165) is 0 Å². The molecule has 0 heterocycles. The fraction of sp³-hybridized carbons (Fsp3) is 0.833. The third kappa shape index (κ3) is 3.77. The van der Waals surface area contributed by atoms with Gasteiger partial charge in [-0.15, -0.1) is 0 Å². The number of aliphatic hydroxyl groups is 5. The summed E-state index contributed by atoms with van der Waals surface area (Å²) in [7, 11) is 0. The zero-order chi connectivity index (χ0) is 29.0. The Balaban J connectivity index is 1.81. The summed E-state index contributed by atoms with van der Waals surface area (Å²) >= 11 is 0. The average Bonchev–Trinajstić information content (AvgIpc) is 2.96. The standard InChI is InChI=1S/C30H46O8/c1-25(2,37)10-9-20(34)30(8,38)23-19(33)13-27(5)22-17(31)11-15-16(12-18(32)24(36)26(15,3)4)29(22,7)21(35)14-28(23,27)6/h11,16,18-19,22-24,32-33,36-38H,9-10,12-14H2,1-8H3/t16-,18+,19-,22+,23+,24+,27+,28-,29-,30+/m1/s1. The summed E-state index contributed by atoms with van der Waals surface area (Å²) in [5, 5.41) is 54.7. The number of allylic oxidation sites excluding steroid dienone is 1. The van der Waals surface area contributed by atoms with Crippen molar-refractivity contribution >= 4 is 17.3 Å². The number of carbonyl (C=O) groups is 3. The topological polar surface area (TPSA) is 152 Å². The first kappa shape index (κ1) is 29.5. The summed E-state index contributed by atoms with van der Waals surface area (Å²) in [5.74, 6) is -3.23. The second kappa shape index (κ2) is 8.53. The van der Waals surface area contributed by atoms with Crippen molar-refractivity contribution in [2.75, 3.05) is 0 Å². The van der Waals surface area contributed by atoms with Gasteiger partial charge in [0.25, 0.3) is 0 Å². The van der Waals surface area contributed by atoms with Crippen LogP contribution in [0.2, 0.25) is 0 Å². The minimum atomic E-state index is -1.98. The van der Waals surface area contributed by atoms with Crippen LogP contribution < -0.4 is 0 Å². The lowest BCUT2D eigenvalue weighted by atomic mass is 9.38. The van der Waals surface area contributed by atoms with E-state index in [0.29, 0.717) is 5.57 Å². The summed E-state index contributed by atoms with van der Waals surface area (Å²) < 4.78 is 0. The highest BCUT2D eigenvalue weighted by atomic mass is 16.3. The van der Waals surface area contributed by atoms with Crippen LogP contribution in [-0.2, 0) is 14.4 Å². The van der Waals surface area contributed by atoms with Crippen LogP contribution in [-0.4, -0.2) is 72.4 Å². The number of Topliss-reactive ketones (excluding diaryl/α,β-unsaturated/α-hetero) is 2. The van der Waals surface area contributed by atoms with Gasteiger partial charge in [-0.25, -0.2) is 0 Å². The maximum Gasteiger partial charge on any atom is 0.164 e. The molecule has 0 radical (unpaired) electrons. The monoisotopic (exact) mass is 534 g/mol. The van der Waals surface area contributed by atoms with E-state index in [1.165, 1.54) is 6.92 Å². The van der Waals surface area contributed by atoms with Crippen LogP contribution in [0.15, 0.2) is 11.6 Å². The Bertz CT molecular complexity index is 1080. The van der Waals surface area contributed by atoms with Gasteiger partial charge in [-0.1, -0.05) is 40.2 Å². The average molecular weight is 535 g/mol. The number of hydrogen-bond acceptors (Lipinski definition) is 8. The van der Waals surface area contributed by atoms with E-state index in [1.54, 1.807) is 47.6 Å². The summed E-state index contributed by atoms with van der Waals surface area (Å²) in [6, 6.07) is 0. The predicted octanol–water partition coefficient (Wildman–Crippen LogP) is 2.12. The number of fused-ring (bicyclic) bond motifs is 5. The van der Waals surface area contributed by atoms with Crippen LogP contribution in [0.5, 0.6) is 0 Å². The quantitative estimate of drug-likeness (QED) is 0.360. The van der Waals surface area contributed by atoms with Crippen LogP contribution in [0, 0.1) is 39.4 Å². The first-order valence-corrected chi connectivity index (χ1v) is 13.9. The molecular weight excluding hydrogens is 488 g/mol. The third-order valence-electron chi connectivity index (χ3n) is 11.5. The van der Waals surface area contributed by atoms with Gasteiger partial charge in [0.05, 0.1) is 23.9 Å². The largest absolute Gasteiger partial charge is 0.393 e. The van der Waals surface area contributed by atoms with Gasteiger partial charge in [0.15, 0.2) is 11.6 Å². The molecule has 0 amide bonds. The van der Waals surface area contributed by atoms with Crippen molar-refractivity contribution in [1.29, 1.82) is 0 Å². The van der Waals surface area contributed by atoms with Gasteiger partial charge in [0, 0.05) is 35.5 Å². The molecule has 3 saturated carbocycles. The van der Waals surface area contributed by atoms with Gasteiger partial charge in [-0.2, -0.15) is 0 Å². The van der Waals surface area contributed by atoms with Crippen LogP contribution >= 0.6 is 0 Å². The van der Waals surface area contributed by atoms with E-state index in [1.807, 2.05) is 6.92 Å². The van der Waals surface area contributed by atoms with Crippen molar-refractivity contribution in [1.82, 2.24) is 0 Å². The molecule has 0 aliphatic heterocycles. The maximum atomic E-state index is 14.2. The second-order valence-electron chi connectivity index (χ2n) is 14.8. The van der Waals surface area contributed by atoms with Crippen LogP contribution in [0.3, 0.4) is 0 Å². The third-order valence-corrected chi connectivity index (χ3v) is 11.5. The molecule has 10 atom stereocenters. The first-order valence-electron chi connectivity index (χ1n) is 13.9. The Hall–Kier alpha value is -1.45. The molecule has 0 aromatic heterocycles. The van der Waals surface area contributed by atoms with Crippen molar-refractivity contribution in [3.05, 3.63) is 11.6 Å². The van der Waals surface area contributed by atoms with Crippen LogP contribution in [0.1, 0.15) is 87.5 Å². The summed E-state index contributed by atoms with van der Waals surface area (Å²) in [4.78, 5) is 41.5. The zero-order valence-electron chi connectivity index (χ0n) is 24.0. The molecule has 0 aromatic rings. The van der Waals surface area contributed by atoms with Gasteiger partial charge in [-0.3, -0.25) is 14.4 Å². The summed E-state index contributed by atoms with van der Waals surface area (Å²) in [6.07, 6.45) is -1.43. The van der Waals surface area contributed by atoms with Crippen molar-refractivity contribution in [2.24, 2.45) is 39.4 Å². The minimum absolute atomic E-state index is 0.0384. The lowest BCUT2D eigenvalue weighted by Crippen LogP contribution is -2.67. The fourth-order valence-electron chi connectivity index (χ4n) is 9.21. The zero-order valence-corrected chi connectivity index (χ0v) is 24.0. The molecule has 4 aliphatic rings. The Morgan fingerprint density at radius 3 is 2.11 bits per heavy atom. The Kier molecular flexibility index (Phi) is 6.63. The van der Waals surface area contributed by atoms with Crippen molar-refractivity contribution in [3.8, 4) is 0 Å². The minimum Gasteiger partial charge on any atom is -0.393 e. The Labute approximate surface area is 225 Å². The van der Waals surface area contributed by atoms with Gasteiger partial charge in [-0.05, 0) is 62.9 Å². The van der Waals surface area contributed by atoms with E-state index in [2.05, 4.69) is 0 Å². The molecule has 0 bridgehead atoms. The molecule has 0 spiro atoms. The normalized spacial score (nSPS) is 46.0. The van der Waals surface area contributed by atoms with Crippen LogP contribution in [0.25, 0.3) is 0 Å². The van der Waals surface area contributed by atoms with E-state index in [9.17, 15) is 39.9 Å². The molecule has 0 unspecified atom stereocenters. The van der Waals surface area contributed by atoms with Gasteiger partial charge < -0.3 is 25.5 Å². The number of rotatable bonds is 5. The van der Waals surface area contributed by atoms with Gasteiger partial charge in [0.2, 0.25) is 0 Å². The van der Waals surface area contributed by atoms with Crippen molar-refractivity contribution in [2.45, 2.75) is 117 Å². The SMILES string of the molecule is CC(C)(O)CCC(=O)[C@](C)(O)[C@H]1[C@H](O)C[C@@]2(C)[C@@H]3C(=O)C=C4[C@@H](C[C@H](O)[C@H](O)C4(C)C)[C@]3(C)C(=O)C[C@]12C. The molecule has 214 valence electrons. The van der Waals surface area contributed by atoms with E-state index < -0.39 is 74.7 Å². The van der Waals surface area contributed by atoms with E-state index in [4.69, 9.17) is 0 Å². The molecule has 3 fully saturated rings. The summed E-state index contributed by atoms with van der Waals surface area (Å²) in [6.45, 7) is 13.6. The lowest BCUT2D eigenvalue weighted by Gasteiger charge is -2.64. The number of ketones is 3. The van der Waals surface area contributed by atoms with Gasteiger partial charge >= 0.3 is 0 Å². The second-order valence-corrected chi connectivity index (χ2v) is 14.8. The molecule has 38 heavy (non-hydrogen) atoms. The Morgan fingerprint density at radius 2 is 1.55 bits per heavy atom.